The van der Waals surface area contributed by atoms with Crippen molar-refractivity contribution in [3.63, 3.8) is 0 Å². The molecule has 0 bridgehead atoms. The molecule has 1 heteroatoms. The average molecular weight is 634 g/mol. The fraction of sp³-hybridized carbons (Fsp3) is 0.319. The number of hydrogen-bond donors (Lipinski definition) is 1. The van der Waals surface area contributed by atoms with Crippen molar-refractivity contribution in [2.75, 3.05) is 0 Å². The lowest BCUT2D eigenvalue weighted by Gasteiger charge is -2.51. The number of rotatable bonds is 12. The summed E-state index contributed by atoms with van der Waals surface area (Å²) in [7, 11) is 0. The number of allylic oxidation sites excluding steroid dienone is 18. The van der Waals surface area contributed by atoms with E-state index in [1.807, 2.05) is 0 Å². The molecule has 5 unspecified atom stereocenters. The Bertz CT molecular complexity index is 1700. The highest BCUT2D eigenvalue weighted by Gasteiger charge is 2.54. The minimum absolute atomic E-state index is 0.160. The fourth-order valence-corrected chi connectivity index (χ4v) is 8.44. The van der Waals surface area contributed by atoms with Crippen LogP contribution in [-0.2, 0) is 6.42 Å². The molecule has 0 saturated heterocycles. The molecule has 1 nitrogen and oxygen atoms in total. The summed E-state index contributed by atoms with van der Waals surface area (Å²) in [6, 6.07) is 19.6. The van der Waals surface area contributed by atoms with Gasteiger partial charge in [0, 0.05) is 23.5 Å². The van der Waals surface area contributed by atoms with Crippen molar-refractivity contribution in [2.45, 2.75) is 72.8 Å². The van der Waals surface area contributed by atoms with Crippen molar-refractivity contribution in [2.24, 2.45) is 23.2 Å². The standard InChI is InChI=1S/C47H55N/c1-7-9-16-24-39(6)47(44-37(4)29-30-38(44)5,35-40-25-17-14-12-11-13-15-18-26-40)43-32-31-42-36(3)23-22-34-46(45(42)43,33-21-10-8-2)48-41-27-19-20-28-41/h7-20,22-27,29-32,34,37,39,45,48H,21,28,33,35H2,1-6H3/b9-7+,10-8-,12-11?,13-11?,14-12?,15-13?,17-14?,18-15?,24-16-,25-17?,26-18?,40-25?,40-26?. The van der Waals surface area contributed by atoms with E-state index in [4.69, 9.17) is 0 Å². The molecule has 0 fully saturated rings. The molecule has 1 aromatic rings. The van der Waals surface area contributed by atoms with Gasteiger partial charge in [0.25, 0.3) is 0 Å². The monoisotopic (exact) mass is 633 g/mol. The highest BCUT2D eigenvalue weighted by Crippen LogP contribution is 2.59. The molecule has 0 spiro atoms. The Labute approximate surface area is 291 Å². The van der Waals surface area contributed by atoms with Gasteiger partial charge in [-0.15, -0.1) is 0 Å². The van der Waals surface area contributed by atoms with E-state index in [0.717, 1.165) is 25.7 Å². The van der Waals surface area contributed by atoms with Gasteiger partial charge < -0.3 is 5.32 Å². The van der Waals surface area contributed by atoms with Gasteiger partial charge >= 0.3 is 0 Å². The molecule has 4 aliphatic rings. The third-order valence-corrected chi connectivity index (χ3v) is 10.7. The maximum Gasteiger partial charge on any atom is 0.0665 e. The van der Waals surface area contributed by atoms with Crippen molar-refractivity contribution in [3.05, 3.63) is 191 Å². The van der Waals surface area contributed by atoms with E-state index >= 15 is 0 Å². The first kappa shape index (κ1) is 35.0. The molecule has 48 heavy (non-hydrogen) atoms. The van der Waals surface area contributed by atoms with Crippen molar-refractivity contribution >= 4 is 0 Å². The summed E-state index contributed by atoms with van der Waals surface area (Å²) in [5.74, 6) is 0.716. The zero-order chi connectivity index (χ0) is 34.0. The summed E-state index contributed by atoms with van der Waals surface area (Å²) >= 11 is 0. The number of hydrogen-bond acceptors (Lipinski definition) is 1. The molecular weight excluding hydrogens is 579 g/mol. The van der Waals surface area contributed by atoms with Gasteiger partial charge in [0.15, 0.2) is 0 Å². The van der Waals surface area contributed by atoms with Crippen LogP contribution in [-0.4, -0.2) is 5.54 Å². The number of nitrogens with one attached hydrogen (secondary N) is 1. The number of fused-ring (bicyclic) bond motifs is 1. The molecule has 248 valence electrons. The summed E-state index contributed by atoms with van der Waals surface area (Å²) in [6.45, 7) is 13.7. The van der Waals surface area contributed by atoms with E-state index in [0.29, 0.717) is 5.92 Å². The SMILES string of the molecule is C/C=C\CCC1(NC2=CC=CC2)C=CC=C(C)C2=CC=C(C(Cc3ccccccccc3)(C3=C(C)C=CC3C)C(C)/C=C\C=C\C)C21. The Kier molecular flexibility index (Phi) is 11.8. The summed E-state index contributed by atoms with van der Waals surface area (Å²) in [6.07, 6.45) is 41.1. The van der Waals surface area contributed by atoms with Crippen LogP contribution < -0.4 is 5.32 Å². The Morgan fingerprint density at radius 1 is 0.917 bits per heavy atom. The molecule has 0 radical (unpaired) electrons. The van der Waals surface area contributed by atoms with E-state index in [9.17, 15) is 0 Å². The summed E-state index contributed by atoms with van der Waals surface area (Å²) in [5, 5.41) is 4.21. The van der Waals surface area contributed by atoms with Gasteiger partial charge in [-0.2, -0.15) is 0 Å². The third kappa shape index (κ3) is 7.36. The van der Waals surface area contributed by atoms with Gasteiger partial charge in [0.2, 0.25) is 0 Å². The quantitative estimate of drug-likeness (QED) is 0.178. The molecule has 0 amide bonds. The van der Waals surface area contributed by atoms with Gasteiger partial charge in [0.05, 0.1) is 5.54 Å². The van der Waals surface area contributed by atoms with Crippen LogP contribution in [0, 0.1) is 23.2 Å². The van der Waals surface area contributed by atoms with Crippen LogP contribution in [0.15, 0.2) is 185 Å². The van der Waals surface area contributed by atoms with E-state index in [-0.39, 0.29) is 22.8 Å². The first-order valence-corrected chi connectivity index (χ1v) is 18.0. The maximum absolute atomic E-state index is 4.21. The van der Waals surface area contributed by atoms with Gasteiger partial charge in [-0.05, 0) is 92.7 Å². The molecule has 0 saturated carbocycles. The van der Waals surface area contributed by atoms with Crippen molar-refractivity contribution in [3.8, 4) is 0 Å². The lowest BCUT2D eigenvalue weighted by atomic mass is 9.54. The minimum atomic E-state index is -0.296. The highest BCUT2D eigenvalue weighted by atomic mass is 15.0. The van der Waals surface area contributed by atoms with E-state index < -0.39 is 0 Å². The van der Waals surface area contributed by atoms with Crippen LogP contribution in [0.25, 0.3) is 0 Å². The minimum Gasteiger partial charge on any atom is -0.378 e. The topological polar surface area (TPSA) is 12.0 Å². The van der Waals surface area contributed by atoms with Crippen LogP contribution in [0.4, 0.5) is 0 Å². The lowest BCUT2D eigenvalue weighted by molar-refractivity contribution is 0.245. The second-order valence-corrected chi connectivity index (χ2v) is 13.8. The van der Waals surface area contributed by atoms with E-state index in [1.54, 1.807) is 5.57 Å². The molecule has 1 aromatic carbocycles. The molecule has 0 aliphatic heterocycles. The molecule has 4 aliphatic carbocycles. The Balaban J connectivity index is 1.81. The summed E-state index contributed by atoms with van der Waals surface area (Å²) < 4.78 is 0. The van der Waals surface area contributed by atoms with Crippen molar-refractivity contribution in [1.29, 1.82) is 0 Å². The van der Waals surface area contributed by atoms with Crippen LogP contribution in [0.1, 0.15) is 66.4 Å². The Hall–Kier alpha value is -4.36. The van der Waals surface area contributed by atoms with Crippen LogP contribution in [0.2, 0.25) is 0 Å². The summed E-state index contributed by atoms with van der Waals surface area (Å²) in [4.78, 5) is 0. The molecular formula is C47H55N. The second kappa shape index (κ2) is 16.2. The largest absolute Gasteiger partial charge is 0.378 e. The summed E-state index contributed by atoms with van der Waals surface area (Å²) in [5.41, 5.74) is 9.30. The molecule has 5 rings (SSSR count). The van der Waals surface area contributed by atoms with E-state index in [2.05, 4.69) is 199 Å². The van der Waals surface area contributed by atoms with Gasteiger partial charge in [-0.3, -0.25) is 0 Å². The Morgan fingerprint density at radius 3 is 2.31 bits per heavy atom. The first-order chi connectivity index (χ1) is 23.4. The maximum atomic E-state index is 4.21. The van der Waals surface area contributed by atoms with Gasteiger partial charge in [0.1, 0.15) is 0 Å². The third-order valence-electron chi connectivity index (χ3n) is 10.7. The van der Waals surface area contributed by atoms with Crippen molar-refractivity contribution < 1.29 is 0 Å². The molecule has 5 atom stereocenters. The van der Waals surface area contributed by atoms with E-state index in [1.165, 1.54) is 33.6 Å². The zero-order valence-corrected chi connectivity index (χ0v) is 30.0. The zero-order valence-electron chi connectivity index (χ0n) is 30.0. The van der Waals surface area contributed by atoms with Crippen molar-refractivity contribution in [1.82, 2.24) is 5.32 Å². The van der Waals surface area contributed by atoms with Crippen LogP contribution >= 0.6 is 0 Å². The molecule has 0 aromatic heterocycles. The average Bonchev–Trinajstić information content (AvgIpc) is 3.82. The Morgan fingerprint density at radius 2 is 1.67 bits per heavy atom. The van der Waals surface area contributed by atoms with Gasteiger partial charge in [-0.1, -0.05) is 165 Å². The molecule has 0 heterocycles. The first-order valence-electron chi connectivity index (χ1n) is 18.0. The predicted octanol–water partition coefficient (Wildman–Crippen LogP) is 12.2. The van der Waals surface area contributed by atoms with Crippen LogP contribution in [0.3, 0.4) is 0 Å². The normalized spacial score (nSPS) is 25.1. The smallest absolute Gasteiger partial charge is 0.0665 e. The second-order valence-electron chi connectivity index (χ2n) is 13.8. The van der Waals surface area contributed by atoms with Crippen LogP contribution in [0.5, 0.6) is 0 Å². The highest BCUT2D eigenvalue weighted by molar-refractivity contribution is 5.59. The lowest BCUT2D eigenvalue weighted by Crippen LogP contribution is -2.53. The fourth-order valence-electron chi connectivity index (χ4n) is 8.44. The molecule has 1 N–H and O–H groups in total. The van der Waals surface area contributed by atoms with Gasteiger partial charge in [-0.25, -0.2) is 0 Å². The predicted molar refractivity (Wildman–Crippen MR) is 209 cm³/mol.